The predicted molar refractivity (Wildman–Crippen MR) is 101 cm³/mol. The maximum atomic E-state index is 12.4. The molecule has 0 radical (unpaired) electrons. The number of hydrogen-bond donors (Lipinski definition) is 1. The summed E-state index contributed by atoms with van der Waals surface area (Å²) in [6.45, 7) is 4.31. The zero-order valence-electron chi connectivity index (χ0n) is 12.6. The van der Waals surface area contributed by atoms with Gasteiger partial charge in [0.1, 0.15) is 0 Å². The third-order valence-corrected chi connectivity index (χ3v) is 5.23. The number of hydrogen-bond acceptors (Lipinski definition) is 3. The van der Waals surface area contributed by atoms with Crippen molar-refractivity contribution in [3.63, 3.8) is 0 Å². The predicted octanol–water partition coefficient (Wildman–Crippen LogP) is 6.09. The lowest BCUT2D eigenvalue weighted by molar-refractivity contribution is 0.102. The molecule has 0 aliphatic heterocycles. The van der Waals surface area contributed by atoms with Crippen LogP contribution >= 0.6 is 38.9 Å². The number of halogens is 2. The first kappa shape index (κ1) is 16.4. The molecule has 3 aromatic rings. The van der Waals surface area contributed by atoms with E-state index in [1.807, 2.05) is 6.07 Å². The highest BCUT2D eigenvalue weighted by Gasteiger charge is 2.14. The molecular formula is C17H14BrClN2OS. The molecule has 3 rings (SSSR count). The summed E-state index contributed by atoms with van der Waals surface area (Å²) in [5, 5.41) is 3.81. The molecule has 3 nitrogen and oxygen atoms in total. The second-order valence-corrected chi connectivity index (χ2v) is 7.83. The molecule has 118 valence electrons. The van der Waals surface area contributed by atoms with E-state index in [9.17, 15) is 4.79 Å². The van der Waals surface area contributed by atoms with Crippen LogP contribution in [-0.2, 0) is 0 Å². The van der Waals surface area contributed by atoms with Crippen LogP contribution in [0, 0.1) is 0 Å². The molecular weight excluding hydrogens is 396 g/mol. The fourth-order valence-electron chi connectivity index (χ4n) is 2.19. The van der Waals surface area contributed by atoms with Gasteiger partial charge >= 0.3 is 0 Å². The van der Waals surface area contributed by atoms with Crippen LogP contribution in [-0.4, -0.2) is 10.9 Å². The van der Waals surface area contributed by atoms with E-state index in [4.69, 9.17) is 11.6 Å². The number of nitrogens with zero attached hydrogens (tertiary/aromatic N) is 1. The van der Waals surface area contributed by atoms with Gasteiger partial charge in [0.15, 0.2) is 5.13 Å². The maximum Gasteiger partial charge on any atom is 0.258 e. The number of thiazole rings is 1. The summed E-state index contributed by atoms with van der Waals surface area (Å²) < 4.78 is 1.87. The van der Waals surface area contributed by atoms with E-state index >= 15 is 0 Å². The quantitative estimate of drug-likeness (QED) is 0.569. The van der Waals surface area contributed by atoms with Crippen LogP contribution in [0.1, 0.15) is 35.7 Å². The van der Waals surface area contributed by atoms with E-state index in [-0.39, 0.29) is 5.91 Å². The fraction of sp³-hybridized carbons (Fsp3) is 0.176. The average Bonchev–Trinajstić information content (AvgIpc) is 2.90. The van der Waals surface area contributed by atoms with E-state index in [1.165, 1.54) is 16.9 Å². The number of amides is 1. The SMILES string of the molecule is CC(C)c1ccc2nc(NC(=O)c3cc(Br)ccc3Cl)sc2c1. The number of nitrogens with one attached hydrogen (secondary N) is 1. The first-order valence-electron chi connectivity index (χ1n) is 7.11. The molecule has 1 aromatic heterocycles. The molecule has 0 saturated heterocycles. The Labute approximate surface area is 151 Å². The minimum atomic E-state index is -0.264. The Morgan fingerprint density at radius 1 is 1.26 bits per heavy atom. The van der Waals surface area contributed by atoms with Crippen LogP contribution in [0.2, 0.25) is 5.02 Å². The molecule has 0 bridgehead atoms. The second kappa shape index (κ2) is 6.59. The molecule has 0 unspecified atom stereocenters. The molecule has 0 atom stereocenters. The van der Waals surface area contributed by atoms with Gasteiger partial charge in [-0.05, 0) is 41.8 Å². The van der Waals surface area contributed by atoms with Crippen LogP contribution in [0.4, 0.5) is 5.13 Å². The standard InChI is InChI=1S/C17H14BrClN2OS/c1-9(2)10-3-6-14-15(7-10)23-17(20-14)21-16(22)12-8-11(18)4-5-13(12)19/h3-9H,1-2H3,(H,20,21,22). The monoisotopic (exact) mass is 408 g/mol. The van der Waals surface area contributed by atoms with Crippen molar-refractivity contribution in [1.29, 1.82) is 0 Å². The van der Waals surface area contributed by atoms with E-state index in [2.05, 4.69) is 52.2 Å². The Hall–Kier alpha value is -1.43. The Bertz CT molecular complexity index is 891. The molecule has 0 aliphatic carbocycles. The zero-order valence-corrected chi connectivity index (χ0v) is 15.7. The highest BCUT2D eigenvalue weighted by atomic mass is 79.9. The number of carbonyl (C=O) groups excluding carboxylic acids is 1. The highest BCUT2D eigenvalue weighted by Crippen LogP contribution is 2.30. The van der Waals surface area contributed by atoms with Crippen molar-refractivity contribution in [3.8, 4) is 0 Å². The molecule has 0 saturated carbocycles. The molecule has 1 amide bonds. The summed E-state index contributed by atoms with van der Waals surface area (Å²) in [5.41, 5.74) is 2.56. The first-order valence-corrected chi connectivity index (χ1v) is 9.09. The topological polar surface area (TPSA) is 42.0 Å². The summed E-state index contributed by atoms with van der Waals surface area (Å²) in [7, 11) is 0. The number of anilines is 1. The van der Waals surface area contributed by atoms with E-state index in [0.29, 0.717) is 21.6 Å². The number of fused-ring (bicyclic) bond motifs is 1. The lowest BCUT2D eigenvalue weighted by Crippen LogP contribution is -2.12. The smallest absolute Gasteiger partial charge is 0.258 e. The van der Waals surface area contributed by atoms with Crippen molar-refractivity contribution in [2.75, 3.05) is 5.32 Å². The zero-order chi connectivity index (χ0) is 16.6. The van der Waals surface area contributed by atoms with Crippen LogP contribution in [0.25, 0.3) is 10.2 Å². The van der Waals surface area contributed by atoms with Gasteiger partial charge in [-0.3, -0.25) is 10.1 Å². The van der Waals surface area contributed by atoms with Gasteiger partial charge in [0, 0.05) is 4.47 Å². The van der Waals surface area contributed by atoms with Crippen molar-refractivity contribution in [3.05, 3.63) is 57.0 Å². The van der Waals surface area contributed by atoms with Crippen molar-refractivity contribution < 1.29 is 4.79 Å². The largest absolute Gasteiger partial charge is 0.298 e. The fourth-order valence-corrected chi connectivity index (χ4v) is 3.66. The van der Waals surface area contributed by atoms with Crippen LogP contribution < -0.4 is 5.32 Å². The van der Waals surface area contributed by atoms with Crippen molar-refractivity contribution in [2.45, 2.75) is 19.8 Å². The minimum Gasteiger partial charge on any atom is -0.298 e. The number of aromatic nitrogens is 1. The normalized spacial score (nSPS) is 11.2. The molecule has 23 heavy (non-hydrogen) atoms. The summed E-state index contributed by atoms with van der Waals surface area (Å²) in [6, 6.07) is 11.4. The summed E-state index contributed by atoms with van der Waals surface area (Å²) in [4.78, 5) is 16.9. The lowest BCUT2D eigenvalue weighted by atomic mass is 10.0. The molecule has 0 aliphatic rings. The molecule has 6 heteroatoms. The van der Waals surface area contributed by atoms with Gasteiger partial charge in [0.25, 0.3) is 5.91 Å². The van der Waals surface area contributed by atoms with E-state index in [0.717, 1.165) is 14.7 Å². The van der Waals surface area contributed by atoms with Gasteiger partial charge in [-0.25, -0.2) is 4.98 Å². The van der Waals surface area contributed by atoms with E-state index < -0.39 is 0 Å². The van der Waals surface area contributed by atoms with Crippen molar-refractivity contribution >= 4 is 60.1 Å². The van der Waals surface area contributed by atoms with Gasteiger partial charge in [-0.1, -0.05) is 58.8 Å². The molecule has 2 aromatic carbocycles. The number of carbonyl (C=O) groups is 1. The Kier molecular flexibility index (Phi) is 4.71. The average molecular weight is 410 g/mol. The minimum absolute atomic E-state index is 0.264. The third-order valence-electron chi connectivity index (χ3n) is 3.47. The second-order valence-electron chi connectivity index (χ2n) is 5.48. The van der Waals surface area contributed by atoms with Gasteiger partial charge in [-0.15, -0.1) is 0 Å². The van der Waals surface area contributed by atoms with E-state index in [1.54, 1.807) is 18.2 Å². The first-order chi connectivity index (χ1) is 10.9. The van der Waals surface area contributed by atoms with Crippen LogP contribution in [0.3, 0.4) is 0 Å². The summed E-state index contributed by atoms with van der Waals surface area (Å²) in [6.07, 6.45) is 0. The Morgan fingerprint density at radius 2 is 2.04 bits per heavy atom. The van der Waals surface area contributed by atoms with Crippen LogP contribution in [0.5, 0.6) is 0 Å². The maximum absolute atomic E-state index is 12.4. The van der Waals surface area contributed by atoms with Gasteiger partial charge in [0.05, 0.1) is 20.8 Å². The highest BCUT2D eigenvalue weighted by molar-refractivity contribution is 9.10. The Balaban J connectivity index is 1.89. The number of rotatable bonds is 3. The van der Waals surface area contributed by atoms with Gasteiger partial charge in [-0.2, -0.15) is 0 Å². The van der Waals surface area contributed by atoms with Gasteiger partial charge in [0.2, 0.25) is 0 Å². The molecule has 0 spiro atoms. The summed E-state index contributed by atoms with van der Waals surface area (Å²) >= 11 is 10.9. The van der Waals surface area contributed by atoms with Crippen molar-refractivity contribution in [1.82, 2.24) is 4.98 Å². The van der Waals surface area contributed by atoms with Crippen LogP contribution in [0.15, 0.2) is 40.9 Å². The number of benzene rings is 2. The summed E-state index contributed by atoms with van der Waals surface area (Å²) in [5.74, 6) is 0.194. The molecule has 0 fully saturated rings. The molecule has 1 N–H and O–H groups in total. The lowest BCUT2D eigenvalue weighted by Gasteiger charge is -2.04. The van der Waals surface area contributed by atoms with Gasteiger partial charge < -0.3 is 0 Å². The third kappa shape index (κ3) is 3.57. The Morgan fingerprint density at radius 3 is 2.78 bits per heavy atom. The molecule has 1 heterocycles. The van der Waals surface area contributed by atoms with Crippen molar-refractivity contribution in [2.24, 2.45) is 0 Å².